The lowest BCUT2D eigenvalue weighted by molar-refractivity contribution is -0.115. The monoisotopic (exact) mass is 600 g/mol. The van der Waals surface area contributed by atoms with Gasteiger partial charge in [-0.2, -0.15) is 0 Å². The Morgan fingerprint density at radius 2 is 1.36 bits per heavy atom. The van der Waals surface area contributed by atoms with Crippen molar-refractivity contribution in [2.45, 2.75) is 58.6 Å². The van der Waals surface area contributed by atoms with Gasteiger partial charge in [0, 0.05) is 52.5 Å². The lowest BCUT2D eigenvalue weighted by Crippen LogP contribution is -2.21. The number of nitrogens with zero attached hydrogens (tertiary/aromatic N) is 4. The molecule has 0 spiro atoms. The molecule has 2 aromatic carbocycles. The van der Waals surface area contributed by atoms with Gasteiger partial charge in [0.25, 0.3) is 0 Å². The summed E-state index contributed by atoms with van der Waals surface area (Å²) in [6, 6.07) is 16.1. The minimum absolute atomic E-state index is 0.104. The zero-order chi connectivity index (χ0) is 29.1. The van der Waals surface area contributed by atoms with Crippen LogP contribution in [0.3, 0.4) is 0 Å². The Hall–Kier alpha value is -4.13. The van der Waals surface area contributed by atoms with Crippen LogP contribution in [0, 0.1) is 13.8 Å². The maximum Gasteiger partial charge on any atom is 0.230 e. The summed E-state index contributed by atoms with van der Waals surface area (Å²) in [5.41, 5.74) is 6.26. The van der Waals surface area contributed by atoms with Gasteiger partial charge in [-0.25, -0.2) is 0 Å². The van der Waals surface area contributed by atoms with E-state index in [1.807, 2.05) is 56.3 Å². The van der Waals surface area contributed by atoms with Crippen LogP contribution in [0.4, 0.5) is 10.3 Å². The fourth-order valence-electron chi connectivity index (χ4n) is 5.24. The molecule has 42 heavy (non-hydrogen) atoms. The molecule has 12 heteroatoms. The third kappa shape index (κ3) is 6.35. The molecular weight excluding hydrogens is 569 g/mol. The Morgan fingerprint density at radius 1 is 0.810 bits per heavy atom. The number of rotatable bonds is 12. The van der Waals surface area contributed by atoms with Crippen molar-refractivity contribution in [3.63, 3.8) is 0 Å². The zero-order valence-corrected chi connectivity index (χ0v) is 25.0. The minimum atomic E-state index is -0.762. The standard InChI is InChI=1S/C30H32N8O2S2/c1-17-21(19-9-3-5-11-23(19)31-17)15-25(39)33-29-37-35-27(41-29)13-7-8-14-28-36-38-30(42-28)34-26(40)16-22-18(2)32-24-12-6-4-10-20(22)24/h3-6,9-12,25,31-32,39H,7-8,13-16H2,1-2H3,(H,33,37)(H,34,38,40). The van der Waals surface area contributed by atoms with Crippen LogP contribution in [0.5, 0.6) is 0 Å². The van der Waals surface area contributed by atoms with Gasteiger partial charge < -0.3 is 25.7 Å². The number of nitrogens with one attached hydrogen (secondary N) is 4. The first-order valence-electron chi connectivity index (χ1n) is 13.9. The predicted octanol–water partition coefficient (Wildman–Crippen LogP) is 5.69. The van der Waals surface area contributed by atoms with E-state index in [-0.39, 0.29) is 12.3 Å². The normalized spacial score (nSPS) is 12.3. The van der Waals surface area contributed by atoms with Gasteiger partial charge in [-0.1, -0.05) is 59.1 Å². The fourth-order valence-corrected chi connectivity index (χ4v) is 6.87. The van der Waals surface area contributed by atoms with Gasteiger partial charge in [0.1, 0.15) is 16.2 Å². The molecular formula is C30H32N8O2S2. The van der Waals surface area contributed by atoms with Gasteiger partial charge in [-0.05, 0) is 49.9 Å². The Bertz CT molecular complexity index is 1840. The van der Waals surface area contributed by atoms with E-state index in [0.29, 0.717) is 16.7 Å². The molecule has 5 N–H and O–H groups in total. The van der Waals surface area contributed by atoms with E-state index in [1.54, 1.807) is 0 Å². The maximum absolute atomic E-state index is 12.7. The summed E-state index contributed by atoms with van der Waals surface area (Å²) >= 11 is 2.88. The highest BCUT2D eigenvalue weighted by Crippen LogP contribution is 2.26. The zero-order valence-electron chi connectivity index (χ0n) is 23.4. The van der Waals surface area contributed by atoms with E-state index in [1.165, 1.54) is 22.7 Å². The lowest BCUT2D eigenvalue weighted by atomic mass is 10.1. The van der Waals surface area contributed by atoms with Crippen molar-refractivity contribution in [1.29, 1.82) is 0 Å². The van der Waals surface area contributed by atoms with Crippen LogP contribution in [-0.4, -0.2) is 47.6 Å². The topological polar surface area (TPSA) is 144 Å². The van der Waals surface area contributed by atoms with Gasteiger partial charge in [0.05, 0.1) is 6.42 Å². The van der Waals surface area contributed by atoms with Crippen molar-refractivity contribution in [2.75, 3.05) is 10.6 Å². The second-order valence-corrected chi connectivity index (χ2v) is 12.5. The number of fused-ring (bicyclic) bond motifs is 2. The average molecular weight is 601 g/mol. The molecule has 0 aliphatic rings. The maximum atomic E-state index is 12.7. The van der Waals surface area contributed by atoms with E-state index >= 15 is 0 Å². The molecule has 1 amide bonds. The van der Waals surface area contributed by atoms with Crippen LogP contribution in [0.15, 0.2) is 48.5 Å². The largest absolute Gasteiger partial charge is 0.373 e. The number of aromatic nitrogens is 6. The highest BCUT2D eigenvalue weighted by Gasteiger charge is 2.16. The number of hydrogen-bond donors (Lipinski definition) is 5. The number of benzene rings is 2. The van der Waals surface area contributed by atoms with Crippen molar-refractivity contribution < 1.29 is 9.90 Å². The number of unbranched alkanes of at least 4 members (excludes halogenated alkanes) is 1. The SMILES string of the molecule is Cc1[nH]c2ccccc2c1CC(=O)Nc1nnc(CCCCc2nnc(NC(O)Cc3c(C)[nH]c4ccccc34)s2)s1. The van der Waals surface area contributed by atoms with E-state index < -0.39 is 6.23 Å². The number of aliphatic hydroxyl groups is 1. The van der Waals surface area contributed by atoms with Crippen molar-refractivity contribution >= 4 is 60.6 Å². The third-order valence-electron chi connectivity index (χ3n) is 7.29. The highest BCUT2D eigenvalue weighted by molar-refractivity contribution is 7.15. The van der Waals surface area contributed by atoms with E-state index in [9.17, 15) is 9.90 Å². The van der Waals surface area contributed by atoms with E-state index in [4.69, 9.17) is 0 Å². The van der Waals surface area contributed by atoms with Crippen LogP contribution < -0.4 is 10.6 Å². The molecule has 6 rings (SSSR count). The number of carbonyl (C=O) groups is 1. The van der Waals surface area contributed by atoms with Gasteiger partial charge in [0.2, 0.25) is 16.2 Å². The lowest BCUT2D eigenvalue weighted by Gasteiger charge is -2.11. The number of hydrogen-bond acceptors (Lipinski definition) is 9. The van der Waals surface area contributed by atoms with Crippen molar-refractivity contribution in [1.82, 2.24) is 30.4 Å². The number of aromatic amines is 2. The van der Waals surface area contributed by atoms with E-state index in [2.05, 4.69) is 47.1 Å². The van der Waals surface area contributed by atoms with Crippen LogP contribution in [0.1, 0.15) is 45.4 Å². The first kappa shape index (κ1) is 28.0. The number of H-pyrrole nitrogens is 2. The molecule has 0 saturated carbocycles. The minimum Gasteiger partial charge on any atom is -0.373 e. The number of aryl methyl sites for hydroxylation is 4. The van der Waals surface area contributed by atoms with Gasteiger partial charge >= 0.3 is 0 Å². The van der Waals surface area contributed by atoms with Gasteiger partial charge in [-0.3, -0.25) is 4.79 Å². The van der Waals surface area contributed by atoms with Crippen molar-refractivity contribution in [3.8, 4) is 0 Å². The molecule has 0 fully saturated rings. The van der Waals surface area contributed by atoms with Gasteiger partial charge in [0.15, 0.2) is 0 Å². The number of anilines is 2. The number of aliphatic hydroxyl groups excluding tert-OH is 1. The van der Waals surface area contributed by atoms with E-state index in [0.717, 1.165) is 80.0 Å². The Labute approximate surface area is 250 Å². The number of amides is 1. The Morgan fingerprint density at radius 3 is 2.02 bits per heavy atom. The summed E-state index contributed by atoms with van der Waals surface area (Å²) in [6.07, 6.45) is 3.41. The molecule has 4 heterocycles. The molecule has 0 aliphatic heterocycles. The van der Waals surface area contributed by atoms with Crippen LogP contribution in [0.2, 0.25) is 0 Å². The summed E-state index contributed by atoms with van der Waals surface area (Å²) in [5.74, 6) is -0.104. The predicted molar refractivity (Wildman–Crippen MR) is 168 cm³/mol. The molecule has 10 nitrogen and oxygen atoms in total. The average Bonchev–Trinajstić information content (AvgIpc) is 3.75. The molecule has 6 aromatic rings. The van der Waals surface area contributed by atoms with Crippen LogP contribution in [-0.2, 0) is 30.5 Å². The molecule has 0 aliphatic carbocycles. The summed E-state index contributed by atoms with van der Waals surface area (Å²) in [6.45, 7) is 4.01. The fraction of sp³-hybridized carbons (Fsp3) is 0.300. The number of carbonyl (C=O) groups excluding carboxylic acids is 1. The van der Waals surface area contributed by atoms with Crippen LogP contribution in [0.25, 0.3) is 21.8 Å². The quantitative estimate of drug-likeness (QED) is 0.0897. The Balaban J connectivity index is 0.937. The first-order chi connectivity index (χ1) is 20.4. The molecule has 4 aromatic heterocycles. The molecule has 216 valence electrons. The summed E-state index contributed by atoms with van der Waals surface area (Å²) < 4.78 is 0. The summed E-state index contributed by atoms with van der Waals surface area (Å²) in [5, 5.41) is 38.7. The summed E-state index contributed by atoms with van der Waals surface area (Å²) in [7, 11) is 0. The second-order valence-electron chi connectivity index (χ2n) is 10.3. The highest BCUT2D eigenvalue weighted by atomic mass is 32.1. The molecule has 1 unspecified atom stereocenters. The molecule has 0 bridgehead atoms. The number of para-hydroxylation sites is 2. The molecule has 1 atom stereocenters. The van der Waals surface area contributed by atoms with Crippen LogP contribution >= 0.6 is 22.7 Å². The third-order valence-corrected chi connectivity index (χ3v) is 9.10. The second kappa shape index (κ2) is 12.4. The van der Waals surface area contributed by atoms with Gasteiger partial charge in [-0.15, -0.1) is 20.4 Å². The smallest absolute Gasteiger partial charge is 0.230 e. The van der Waals surface area contributed by atoms with Crippen molar-refractivity contribution in [3.05, 3.63) is 81.1 Å². The summed E-state index contributed by atoms with van der Waals surface area (Å²) in [4.78, 5) is 19.4. The molecule has 0 saturated heterocycles. The van der Waals surface area contributed by atoms with Crippen molar-refractivity contribution in [2.24, 2.45) is 0 Å². The Kier molecular flexibility index (Phi) is 8.27. The first-order valence-corrected chi connectivity index (χ1v) is 15.6. The molecule has 0 radical (unpaired) electrons.